The number of nitrogens with one attached hydrogen (secondary N) is 1. The third kappa shape index (κ3) is 3.60. The van der Waals surface area contributed by atoms with Crippen LogP contribution in [0.25, 0.3) is 0 Å². The van der Waals surface area contributed by atoms with Crippen LogP contribution in [-0.2, 0) is 21.2 Å². The Morgan fingerprint density at radius 1 is 1.08 bits per heavy atom. The highest BCUT2D eigenvalue weighted by Crippen LogP contribution is 2.34. The Bertz CT molecular complexity index is 942. The maximum Gasteiger partial charge on any atom is 0.261 e. The standard InChI is InChI=1S/C20H24N2O3S/c1-14-5-9-17(10-6-14)26(24,25)21-16-8-7-15-11-12-22(18(15)13-16)19(23)20(2,3)4/h5-10,13,21H,11-12H2,1-4H3. The molecule has 138 valence electrons. The van der Waals surface area contributed by atoms with Crippen molar-refractivity contribution in [2.45, 2.75) is 39.0 Å². The molecular formula is C20H24N2O3S. The normalized spacial score (nSPS) is 14.2. The molecule has 1 aliphatic rings. The number of anilines is 2. The SMILES string of the molecule is Cc1ccc(S(=O)(=O)Nc2ccc3c(c2)N(C(=O)C(C)(C)C)CC3)cc1. The number of carbonyl (C=O) groups excluding carboxylic acids is 1. The van der Waals surface area contributed by atoms with Crippen LogP contribution in [0.2, 0.25) is 0 Å². The molecule has 0 unspecified atom stereocenters. The predicted molar refractivity (Wildman–Crippen MR) is 104 cm³/mol. The summed E-state index contributed by atoms with van der Waals surface area (Å²) in [7, 11) is -3.67. The summed E-state index contributed by atoms with van der Waals surface area (Å²) < 4.78 is 27.8. The molecule has 0 aliphatic carbocycles. The number of nitrogens with zero attached hydrogens (tertiary/aromatic N) is 1. The molecule has 3 rings (SSSR count). The molecular weight excluding hydrogens is 348 g/mol. The van der Waals surface area contributed by atoms with Crippen molar-refractivity contribution in [2.24, 2.45) is 5.41 Å². The average molecular weight is 372 g/mol. The van der Waals surface area contributed by atoms with Crippen molar-refractivity contribution >= 4 is 27.3 Å². The molecule has 1 N–H and O–H groups in total. The number of aryl methyl sites for hydroxylation is 1. The van der Waals surface area contributed by atoms with E-state index >= 15 is 0 Å². The van der Waals surface area contributed by atoms with E-state index in [4.69, 9.17) is 0 Å². The molecule has 1 aliphatic heterocycles. The number of rotatable bonds is 3. The first kappa shape index (κ1) is 18.5. The van der Waals surface area contributed by atoms with E-state index < -0.39 is 15.4 Å². The minimum atomic E-state index is -3.67. The molecule has 5 nitrogen and oxygen atoms in total. The van der Waals surface area contributed by atoms with Crippen molar-refractivity contribution < 1.29 is 13.2 Å². The van der Waals surface area contributed by atoms with E-state index in [1.807, 2.05) is 33.8 Å². The second kappa shape index (κ2) is 6.43. The van der Waals surface area contributed by atoms with Crippen molar-refractivity contribution in [2.75, 3.05) is 16.2 Å². The summed E-state index contributed by atoms with van der Waals surface area (Å²) >= 11 is 0. The molecule has 0 saturated heterocycles. The Labute approximate surface area is 155 Å². The van der Waals surface area contributed by atoms with Crippen LogP contribution in [-0.4, -0.2) is 20.9 Å². The molecule has 2 aromatic carbocycles. The van der Waals surface area contributed by atoms with Gasteiger partial charge in [-0.15, -0.1) is 0 Å². The van der Waals surface area contributed by atoms with Crippen LogP contribution in [0.5, 0.6) is 0 Å². The highest BCUT2D eigenvalue weighted by molar-refractivity contribution is 7.92. The molecule has 0 radical (unpaired) electrons. The largest absolute Gasteiger partial charge is 0.311 e. The first-order chi connectivity index (χ1) is 12.1. The van der Waals surface area contributed by atoms with E-state index in [-0.39, 0.29) is 10.8 Å². The summed E-state index contributed by atoms with van der Waals surface area (Å²) in [4.78, 5) is 14.6. The summed E-state index contributed by atoms with van der Waals surface area (Å²) in [6.07, 6.45) is 0.780. The van der Waals surface area contributed by atoms with E-state index in [2.05, 4.69) is 4.72 Å². The molecule has 1 amide bonds. The second-order valence-electron chi connectivity index (χ2n) is 7.72. The van der Waals surface area contributed by atoms with Crippen LogP contribution in [0.15, 0.2) is 47.4 Å². The van der Waals surface area contributed by atoms with E-state index in [1.165, 1.54) is 0 Å². The van der Waals surface area contributed by atoms with Gasteiger partial charge in [0, 0.05) is 17.6 Å². The monoisotopic (exact) mass is 372 g/mol. The van der Waals surface area contributed by atoms with Gasteiger partial charge in [-0.1, -0.05) is 44.5 Å². The summed E-state index contributed by atoms with van der Waals surface area (Å²) in [6, 6.07) is 12.1. The zero-order chi connectivity index (χ0) is 19.1. The Hall–Kier alpha value is -2.34. The van der Waals surface area contributed by atoms with Crippen LogP contribution < -0.4 is 9.62 Å². The molecule has 2 aromatic rings. The van der Waals surface area contributed by atoms with E-state index in [9.17, 15) is 13.2 Å². The highest BCUT2D eigenvalue weighted by Gasteiger charge is 2.32. The minimum Gasteiger partial charge on any atom is -0.311 e. The van der Waals surface area contributed by atoms with Gasteiger partial charge in [0.15, 0.2) is 0 Å². The van der Waals surface area contributed by atoms with Gasteiger partial charge in [0.2, 0.25) is 5.91 Å². The Balaban J connectivity index is 1.90. The number of carbonyl (C=O) groups is 1. The number of amides is 1. The van der Waals surface area contributed by atoms with E-state index in [0.717, 1.165) is 23.2 Å². The van der Waals surface area contributed by atoms with Gasteiger partial charge >= 0.3 is 0 Å². The van der Waals surface area contributed by atoms with Gasteiger partial charge in [-0.2, -0.15) is 0 Å². The van der Waals surface area contributed by atoms with Crippen molar-refractivity contribution in [3.05, 3.63) is 53.6 Å². The number of fused-ring (bicyclic) bond motifs is 1. The first-order valence-corrected chi connectivity index (χ1v) is 10.1. The van der Waals surface area contributed by atoms with Gasteiger partial charge in [-0.3, -0.25) is 9.52 Å². The molecule has 0 bridgehead atoms. The fourth-order valence-electron chi connectivity index (χ4n) is 2.99. The van der Waals surface area contributed by atoms with Crippen molar-refractivity contribution in [1.29, 1.82) is 0 Å². The lowest BCUT2D eigenvalue weighted by atomic mass is 9.94. The fraction of sp³-hybridized carbons (Fsp3) is 0.350. The molecule has 6 heteroatoms. The molecule has 0 fully saturated rings. The predicted octanol–water partition coefficient (Wildman–Crippen LogP) is 3.73. The molecule has 0 spiro atoms. The fourth-order valence-corrected chi connectivity index (χ4v) is 4.04. The van der Waals surface area contributed by atoms with Crippen LogP contribution >= 0.6 is 0 Å². The minimum absolute atomic E-state index is 0.0368. The molecule has 0 aromatic heterocycles. The van der Waals surface area contributed by atoms with Crippen LogP contribution in [0.4, 0.5) is 11.4 Å². The Morgan fingerprint density at radius 2 is 1.73 bits per heavy atom. The van der Waals surface area contributed by atoms with Gasteiger partial charge in [-0.05, 0) is 43.2 Å². The molecule has 0 atom stereocenters. The maximum absolute atomic E-state index is 12.7. The zero-order valence-corrected chi connectivity index (χ0v) is 16.4. The number of benzene rings is 2. The smallest absolute Gasteiger partial charge is 0.261 e. The summed E-state index contributed by atoms with van der Waals surface area (Å²) in [5.41, 5.74) is 2.81. The number of hydrogen-bond acceptors (Lipinski definition) is 3. The summed E-state index contributed by atoms with van der Waals surface area (Å²) in [5.74, 6) is 0.0368. The summed E-state index contributed by atoms with van der Waals surface area (Å²) in [5, 5.41) is 0. The second-order valence-corrected chi connectivity index (χ2v) is 9.40. The van der Waals surface area contributed by atoms with E-state index in [1.54, 1.807) is 41.3 Å². The van der Waals surface area contributed by atoms with Crippen LogP contribution in [0, 0.1) is 12.3 Å². The quantitative estimate of drug-likeness (QED) is 0.893. The lowest BCUT2D eigenvalue weighted by Crippen LogP contribution is -2.38. The van der Waals surface area contributed by atoms with Crippen molar-refractivity contribution in [3.63, 3.8) is 0 Å². The Morgan fingerprint density at radius 3 is 2.35 bits per heavy atom. The average Bonchev–Trinajstić information content (AvgIpc) is 2.96. The lowest BCUT2D eigenvalue weighted by molar-refractivity contribution is -0.125. The van der Waals surface area contributed by atoms with Crippen molar-refractivity contribution in [3.8, 4) is 0 Å². The summed E-state index contributed by atoms with van der Waals surface area (Å²) in [6.45, 7) is 8.19. The number of sulfonamides is 1. The lowest BCUT2D eigenvalue weighted by Gasteiger charge is -2.26. The van der Waals surface area contributed by atoms with E-state index in [0.29, 0.717) is 12.2 Å². The molecule has 26 heavy (non-hydrogen) atoms. The maximum atomic E-state index is 12.7. The van der Waals surface area contributed by atoms with Crippen LogP contribution in [0.1, 0.15) is 31.9 Å². The van der Waals surface area contributed by atoms with Gasteiger partial charge in [0.1, 0.15) is 0 Å². The van der Waals surface area contributed by atoms with Gasteiger partial charge in [-0.25, -0.2) is 8.42 Å². The van der Waals surface area contributed by atoms with Crippen LogP contribution in [0.3, 0.4) is 0 Å². The number of hydrogen-bond donors (Lipinski definition) is 1. The first-order valence-electron chi connectivity index (χ1n) is 8.62. The van der Waals surface area contributed by atoms with Crippen molar-refractivity contribution in [1.82, 2.24) is 0 Å². The third-order valence-corrected chi connectivity index (χ3v) is 5.85. The van der Waals surface area contributed by atoms with Gasteiger partial charge in [0.25, 0.3) is 10.0 Å². The highest BCUT2D eigenvalue weighted by atomic mass is 32.2. The van der Waals surface area contributed by atoms with Gasteiger partial charge in [0.05, 0.1) is 10.6 Å². The van der Waals surface area contributed by atoms with Gasteiger partial charge < -0.3 is 4.90 Å². The molecule has 1 heterocycles. The third-order valence-electron chi connectivity index (χ3n) is 4.45. The molecule has 0 saturated carbocycles. The topological polar surface area (TPSA) is 66.5 Å². The zero-order valence-electron chi connectivity index (χ0n) is 15.5. The Kier molecular flexibility index (Phi) is 4.56.